The second-order valence-corrected chi connectivity index (χ2v) is 6.52. The lowest BCUT2D eigenvalue weighted by atomic mass is 10.1. The van der Waals surface area contributed by atoms with Gasteiger partial charge in [0.05, 0.1) is 23.0 Å². The Labute approximate surface area is 173 Å². The van der Waals surface area contributed by atoms with Gasteiger partial charge in [0, 0.05) is 23.6 Å². The summed E-state index contributed by atoms with van der Waals surface area (Å²) in [6.07, 6.45) is 0.335. The van der Waals surface area contributed by atoms with Crippen LogP contribution in [0.2, 0.25) is 0 Å². The van der Waals surface area contributed by atoms with Gasteiger partial charge in [-0.15, -0.1) is 5.10 Å². The Morgan fingerprint density at radius 2 is 1.90 bits per heavy atom. The van der Waals surface area contributed by atoms with Crippen LogP contribution >= 0.6 is 0 Å². The third-order valence-electron chi connectivity index (χ3n) is 4.39. The van der Waals surface area contributed by atoms with Crippen LogP contribution in [0.5, 0.6) is 5.75 Å². The Hall–Kier alpha value is -4.21. The fourth-order valence-electron chi connectivity index (χ4n) is 2.86. The highest BCUT2D eigenvalue weighted by Crippen LogP contribution is 2.31. The van der Waals surface area contributed by atoms with Gasteiger partial charge in [0.2, 0.25) is 0 Å². The smallest absolute Gasteiger partial charge is 0.416 e. The van der Waals surface area contributed by atoms with Crippen molar-refractivity contribution in [3.63, 3.8) is 0 Å². The number of nitrogens with one attached hydrogen (secondary N) is 1. The zero-order valence-corrected chi connectivity index (χ0v) is 15.7. The summed E-state index contributed by atoms with van der Waals surface area (Å²) in [7, 11) is 0. The van der Waals surface area contributed by atoms with E-state index in [-0.39, 0.29) is 17.0 Å². The van der Waals surface area contributed by atoms with Crippen molar-refractivity contribution >= 4 is 11.6 Å². The maximum atomic E-state index is 12.9. The maximum absolute atomic E-state index is 12.9. The monoisotopic (exact) mass is 425 g/mol. The van der Waals surface area contributed by atoms with Crippen molar-refractivity contribution in [1.82, 2.24) is 20.0 Å². The molecule has 0 atom stereocenters. The zero-order valence-electron chi connectivity index (χ0n) is 15.7. The first kappa shape index (κ1) is 20.1. The molecule has 7 nitrogen and oxygen atoms in total. The lowest BCUT2D eigenvalue weighted by Gasteiger charge is -2.11. The first-order chi connectivity index (χ1) is 14.8. The van der Waals surface area contributed by atoms with E-state index in [1.165, 1.54) is 35.0 Å². The molecule has 0 unspecified atom stereocenters. The number of anilines is 1. The van der Waals surface area contributed by atoms with Crippen LogP contribution in [0.3, 0.4) is 0 Å². The quantitative estimate of drug-likeness (QED) is 0.508. The highest BCUT2D eigenvalue weighted by atomic mass is 19.4. The van der Waals surface area contributed by atoms with Crippen LogP contribution in [0.25, 0.3) is 16.9 Å². The molecule has 0 aliphatic rings. The second kappa shape index (κ2) is 7.90. The number of aromatic nitrogens is 4. The summed E-state index contributed by atoms with van der Waals surface area (Å²) in [4.78, 5) is 16.6. The molecule has 156 valence electrons. The Kier molecular flexibility index (Phi) is 5.12. The van der Waals surface area contributed by atoms with Gasteiger partial charge in [-0.2, -0.15) is 13.2 Å². The molecular weight excluding hydrogens is 411 g/mol. The number of pyridine rings is 1. The molecule has 0 saturated carbocycles. The van der Waals surface area contributed by atoms with Crippen LogP contribution in [-0.4, -0.2) is 31.0 Å². The molecule has 1 amide bonds. The van der Waals surface area contributed by atoms with E-state index in [2.05, 4.69) is 20.6 Å². The highest BCUT2D eigenvalue weighted by Gasteiger charge is 2.30. The lowest BCUT2D eigenvalue weighted by Crippen LogP contribution is -2.14. The average molecular weight is 425 g/mol. The van der Waals surface area contributed by atoms with Gasteiger partial charge in [-0.25, -0.2) is 4.68 Å². The van der Waals surface area contributed by atoms with Crippen LogP contribution in [0.4, 0.5) is 18.9 Å². The molecule has 10 heteroatoms. The molecule has 0 bridgehead atoms. The fraction of sp³-hybridized carbons (Fsp3) is 0.0476. The van der Waals surface area contributed by atoms with Gasteiger partial charge in [-0.1, -0.05) is 11.3 Å². The molecule has 2 aromatic heterocycles. The van der Waals surface area contributed by atoms with Crippen molar-refractivity contribution in [1.29, 1.82) is 0 Å². The van der Waals surface area contributed by atoms with Crippen molar-refractivity contribution in [3.05, 3.63) is 84.3 Å². The number of alkyl halides is 3. The largest absolute Gasteiger partial charge is 0.507 e. The molecule has 31 heavy (non-hydrogen) atoms. The summed E-state index contributed by atoms with van der Waals surface area (Å²) in [6.45, 7) is 0. The Bertz CT molecular complexity index is 1240. The number of phenols is 1. The molecule has 4 aromatic rings. The Balaban J connectivity index is 1.60. The standard InChI is InChI=1S/C21H14F3N5O2/c22-21(23,24)14-4-1-5-15(9-14)26-20(31)17-10-16(6-7-19(17)30)29-12-18(27-28-29)13-3-2-8-25-11-13/h1-12,30H,(H,26,31). The van der Waals surface area contributed by atoms with Crippen LogP contribution in [-0.2, 0) is 6.18 Å². The van der Waals surface area contributed by atoms with E-state index in [4.69, 9.17) is 0 Å². The minimum absolute atomic E-state index is 0.0516. The summed E-state index contributed by atoms with van der Waals surface area (Å²) in [5.41, 5.74) is 0.646. The third kappa shape index (κ3) is 4.37. The molecule has 0 fully saturated rings. The number of amides is 1. The topological polar surface area (TPSA) is 92.9 Å². The SMILES string of the molecule is O=C(Nc1cccc(C(F)(F)F)c1)c1cc(-n2cc(-c3cccnc3)nn2)ccc1O. The number of phenolic OH excluding ortho intramolecular Hbond substituents is 1. The second-order valence-electron chi connectivity index (χ2n) is 6.52. The first-order valence-corrected chi connectivity index (χ1v) is 8.96. The van der Waals surface area contributed by atoms with E-state index < -0.39 is 17.6 Å². The van der Waals surface area contributed by atoms with E-state index >= 15 is 0 Å². The van der Waals surface area contributed by atoms with Crippen LogP contribution in [0.1, 0.15) is 15.9 Å². The molecule has 2 heterocycles. The molecule has 0 radical (unpaired) electrons. The summed E-state index contributed by atoms with van der Waals surface area (Å²) in [6, 6.07) is 12.0. The molecule has 2 N–H and O–H groups in total. The van der Waals surface area contributed by atoms with E-state index in [0.717, 1.165) is 17.7 Å². The first-order valence-electron chi connectivity index (χ1n) is 8.96. The minimum atomic E-state index is -4.54. The Morgan fingerprint density at radius 3 is 2.65 bits per heavy atom. The van der Waals surface area contributed by atoms with Gasteiger partial charge >= 0.3 is 6.18 Å². The van der Waals surface area contributed by atoms with E-state index in [0.29, 0.717) is 11.4 Å². The number of hydrogen-bond donors (Lipinski definition) is 2. The van der Waals surface area contributed by atoms with Crippen LogP contribution in [0.15, 0.2) is 73.2 Å². The number of carbonyl (C=O) groups excluding carboxylic acids is 1. The summed E-state index contributed by atoms with van der Waals surface area (Å²) in [5, 5.41) is 20.6. The maximum Gasteiger partial charge on any atom is 0.416 e. The molecule has 0 aliphatic heterocycles. The number of carbonyl (C=O) groups is 1. The average Bonchev–Trinajstić information content (AvgIpc) is 3.24. The third-order valence-corrected chi connectivity index (χ3v) is 4.39. The van der Waals surface area contributed by atoms with E-state index in [1.807, 2.05) is 6.07 Å². The van der Waals surface area contributed by atoms with Gasteiger partial charge in [0.1, 0.15) is 11.4 Å². The van der Waals surface area contributed by atoms with Crippen molar-refractivity contribution < 1.29 is 23.1 Å². The highest BCUT2D eigenvalue weighted by molar-refractivity contribution is 6.06. The summed E-state index contributed by atoms with van der Waals surface area (Å²) < 4.78 is 40.1. The van der Waals surface area contributed by atoms with Crippen LogP contribution < -0.4 is 5.32 Å². The van der Waals surface area contributed by atoms with Gasteiger partial charge in [-0.3, -0.25) is 9.78 Å². The van der Waals surface area contributed by atoms with E-state index in [9.17, 15) is 23.1 Å². The van der Waals surface area contributed by atoms with Crippen molar-refractivity contribution in [2.75, 3.05) is 5.32 Å². The number of nitrogens with zero attached hydrogens (tertiary/aromatic N) is 4. The Morgan fingerprint density at radius 1 is 1.06 bits per heavy atom. The zero-order chi connectivity index (χ0) is 22.0. The number of benzene rings is 2. The molecule has 0 aliphatic carbocycles. The van der Waals surface area contributed by atoms with Gasteiger partial charge in [0.15, 0.2) is 0 Å². The van der Waals surface area contributed by atoms with Crippen molar-refractivity contribution in [2.24, 2.45) is 0 Å². The molecule has 0 saturated heterocycles. The molecule has 4 rings (SSSR count). The molecular formula is C21H14F3N5O2. The summed E-state index contributed by atoms with van der Waals surface area (Å²) >= 11 is 0. The van der Waals surface area contributed by atoms with Crippen LogP contribution in [0, 0.1) is 0 Å². The predicted molar refractivity (Wildman–Crippen MR) is 106 cm³/mol. The van der Waals surface area contributed by atoms with Gasteiger partial charge < -0.3 is 10.4 Å². The van der Waals surface area contributed by atoms with Crippen molar-refractivity contribution in [3.8, 4) is 22.7 Å². The number of aromatic hydroxyl groups is 1. The number of halogens is 3. The fourth-order valence-corrected chi connectivity index (χ4v) is 2.86. The predicted octanol–water partition coefficient (Wildman–Crippen LogP) is 4.31. The van der Waals surface area contributed by atoms with Gasteiger partial charge in [0.25, 0.3) is 5.91 Å². The molecule has 2 aromatic carbocycles. The van der Waals surface area contributed by atoms with Gasteiger partial charge in [-0.05, 0) is 48.5 Å². The van der Waals surface area contributed by atoms with E-state index in [1.54, 1.807) is 24.7 Å². The number of rotatable bonds is 4. The minimum Gasteiger partial charge on any atom is -0.507 e. The lowest BCUT2D eigenvalue weighted by molar-refractivity contribution is -0.137. The van der Waals surface area contributed by atoms with Crippen molar-refractivity contribution in [2.45, 2.75) is 6.18 Å². The molecule has 0 spiro atoms. The summed E-state index contributed by atoms with van der Waals surface area (Å²) in [5.74, 6) is -1.10. The normalized spacial score (nSPS) is 11.3. The number of hydrogen-bond acceptors (Lipinski definition) is 5.